The van der Waals surface area contributed by atoms with Crippen LogP contribution in [0.1, 0.15) is 30.7 Å². The SMILES string of the molecule is CCCC(NC)c1ccc(-c2c(Cl)cc(Cl)cc2Cl)s1. The minimum Gasteiger partial charge on any atom is -0.312 e. The Morgan fingerprint density at radius 2 is 1.80 bits per heavy atom. The Hall–Kier alpha value is -0.250. The van der Waals surface area contributed by atoms with Crippen LogP contribution >= 0.6 is 46.1 Å². The van der Waals surface area contributed by atoms with Crippen molar-refractivity contribution in [2.45, 2.75) is 25.8 Å². The van der Waals surface area contributed by atoms with Gasteiger partial charge in [0.1, 0.15) is 0 Å². The first-order valence-corrected chi connectivity index (χ1v) is 8.43. The molecule has 2 aromatic rings. The van der Waals surface area contributed by atoms with Gasteiger partial charge in [0.2, 0.25) is 0 Å². The Morgan fingerprint density at radius 3 is 2.35 bits per heavy atom. The van der Waals surface area contributed by atoms with Crippen molar-refractivity contribution < 1.29 is 0 Å². The van der Waals surface area contributed by atoms with Crippen LogP contribution in [-0.2, 0) is 0 Å². The zero-order valence-electron chi connectivity index (χ0n) is 11.3. The van der Waals surface area contributed by atoms with Crippen molar-refractivity contribution in [3.63, 3.8) is 0 Å². The van der Waals surface area contributed by atoms with E-state index >= 15 is 0 Å². The molecule has 0 saturated heterocycles. The van der Waals surface area contributed by atoms with Gasteiger partial charge in [-0.15, -0.1) is 11.3 Å². The molecule has 1 atom stereocenters. The third-order valence-corrected chi connectivity index (χ3v) is 5.18. The summed E-state index contributed by atoms with van der Waals surface area (Å²) >= 11 is 20.2. The standard InChI is InChI=1S/C15H16Cl3NS/c1-3-4-12(19-2)13-5-6-14(20-13)15-10(17)7-9(16)8-11(15)18/h5-8,12,19H,3-4H2,1-2H3. The highest BCUT2D eigenvalue weighted by atomic mass is 35.5. The molecular weight excluding hydrogens is 333 g/mol. The molecule has 1 unspecified atom stereocenters. The summed E-state index contributed by atoms with van der Waals surface area (Å²) in [6.07, 6.45) is 2.25. The summed E-state index contributed by atoms with van der Waals surface area (Å²) in [5.74, 6) is 0. The van der Waals surface area contributed by atoms with Crippen LogP contribution < -0.4 is 5.32 Å². The van der Waals surface area contributed by atoms with E-state index in [0.29, 0.717) is 21.1 Å². The van der Waals surface area contributed by atoms with E-state index in [2.05, 4.69) is 24.4 Å². The van der Waals surface area contributed by atoms with Crippen molar-refractivity contribution >= 4 is 46.1 Å². The van der Waals surface area contributed by atoms with E-state index < -0.39 is 0 Å². The van der Waals surface area contributed by atoms with Crippen molar-refractivity contribution in [2.24, 2.45) is 0 Å². The topological polar surface area (TPSA) is 12.0 Å². The third kappa shape index (κ3) is 3.49. The molecule has 2 rings (SSSR count). The molecule has 0 fully saturated rings. The predicted molar refractivity (Wildman–Crippen MR) is 91.5 cm³/mol. The van der Waals surface area contributed by atoms with Gasteiger partial charge in [-0.1, -0.05) is 48.1 Å². The van der Waals surface area contributed by atoms with Crippen molar-refractivity contribution in [1.82, 2.24) is 5.32 Å². The first-order valence-electron chi connectivity index (χ1n) is 6.48. The maximum atomic E-state index is 6.28. The second kappa shape index (κ2) is 7.15. The van der Waals surface area contributed by atoms with Crippen molar-refractivity contribution in [2.75, 3.05) is 7.05 Å². The summed E-state index contributed by atoms with van der Waals surface area (Å²) in [6, 6.07) is 8.04. The molecule has 0 saturated carbocycles. The average Bonchev–Trinajstić information content (AvgIpc) is 2.84. The number of nitrogens with one attached hydrogen (secondary N) is 1. The second-order valence-electron chi connectivity index (χ2n) is 4.58. The van der Waals surface area contributed by atoms with Crippen LogP contribution in [0.15, 0.2) is 24.3 Å². The fraction of sp³-hybridized carbons (Fsp3) is 0.333. The molecule has 1 heterocycles. The number of hydrogen-bond donors (Lipinski definition) is 1. The van der Waals surface area contributed by atoms with Crippen LogP contribution in [-0.4, -0.2) is 7.05 Å². The van der Waals surface area contributed by atoms with Crippen LogP contribution in [0.4, 0.5) is 0 Å². The zero-order chi connectivity index (χ0) is 14.7. The van der Waals surface area contributed by atoms with Gasteiger partial charge in [0.25, 0.3) is 0 Å². The first kappa shape index (κ1) is 16.1. The highest BCUT2D eigenvalue weighted by molar-refractivity contribution is 7.15. The van der Waals surface area contributed by atoms with Crippen LogP contribution in [0.5, 0.6) is 0 Å². The lowest BCUT2D eigenvalue weighted by atomic mass is 10.1. The van der Waals surface area contributed by atoms with Gasteiger partial charge in [-0.2, -0.15) is 0 Å². The molecule has 0 amide bonds. The molecular formula is C15H16Cl3NS. The van der Waals surface area contributed by atoms with Crippen molar-refractivity contribution in [3.05, 3.63) is 44.2 Å². The number of thiophene rings is 1. The van der Waals surface area contributed by atoms with E-state index in [4.69, 9.17) is 34.8 Å². The number of halogens is 3. The third-order valence-electron chi connectivity index (χ3n) is 3.15. The Morgan fingerprint density at radius 1 is 1.15 bits per heavy atom. The number of rotatable bonds is 5. The Kier molecular flexibility index (Phi) is 5.76. The van der Waals surface area contributed by atoms with Crippen LogP contribution in [0.3, 0.4) is 0 Å². The van der Waals surface area contributed by atoms with Gasteiger partial charge >= 0.3 is 0 Å². The van der Waals surface area contributed by atoms with Gasteiger partial charge in [-0.25, -0.2) is 0 Å². The van der Waals surface area contributed by atoms with E-state index in [-0.39, 0.29) is 0 Å². The molecule has 1 aromatic heterocycles. The van der Waals surface area contributed by atoms with E-state index in [1.54, 1.807) is 23.5 Å². The van der Waals surface area contributed by atoms with E-state index in [1.165, 1.54) is 4.88 Å². The van der Waals surface area contributed by atoms with E-state index in [1.807, 2.05) is 7.05 Å². The summed E-state index contributed by atoms with van der Waals surface area (Å²) in [7, 11) is 1.99. The maximum absolute atomic E-state index is 6.28. The molecule has 108 valence electrons. The molecule has 0 spiro atoms. The highest BCUT2D eigenvalue weighted by Gasteiger charge is 2.15. The van der Waals surface area contributed by atoms with Crippen LogP contribution in [0.25, 0.3) is 10.4 Å². The lowest BCUT2D eigenvalue weighted by Crippen LogP contribution is -2.14. The molecule has 0 aliphatic carbocycles. The van der Waals surface area contributed by atoms with Crippen molar-refractivity contribution in [1.29, 1.82) is 0 Å². The van der Waals surface area contributed by atoms with Gasteiger partial charge in [-0.05, 0) is 37.7 Å². The fourth-order valence-electron chi connectivity index (χ4n) is 2.17. The summed E-state index contributed by atoms with van der Waals surface area (Å²) in [6.45, 7) is 2.19. The maximum Gasteiger partial charge on any atom is 0.0522 e. The summed E-state index contributed by atoms with van der Waals surface area (Å²) in [5, 5.41) is 5.08. The van der Waals surface area contributed by atoms with Crippen LogP contribution in [0.2, 0.25) is 15.1 Å². The molecule has 1 N–H and O–H groups in total. The minimum atomic E-state index is 0.378. The molecule has 0 radical (unpaired) electrons. The van der Waals surface area contributed by atoms with E-state index in [0.717, 1.165) is 23.3 Å². The molecule has 5 heteroatoms. The summed E-state index contributed by atoms with van der Waals surface area (Å²) in [5.41, 5.74) is 0.861. The normalized spacial score (nSPS) is 12.7. The van der Waals surface area contributed by atoms with Gasteiger partial charge in [0, 0.05) is 26.4 Å². The molecule has 20 heavy (non-hydrogen) atoms. The minimum absolute atomic E-state index is 0.378. The van der Waals surface area contributed by atoms with Crippen molar-refractivity contribution in [3.8, 4) is 10.4 Å². The highest BCUT2D eigenvalue weighted by Crippen LogP contribution is 2.41. The number of hydrogen-bond acceptors (Lipinski definition) is 2. The van der Waals surface area contributed by atoms with Crippen LogP contribution in [0, 0.1) is 0 Å². The zero-order valence-corrected chi connectivity index (χ0v) is 14.4. The monoisotopic (exact) mass is 347 g/mol. The molecule has 1 aromatic carbocycles. The first-order chi connectivity index (χ1) is 9.56. The average molecular weight is 349 g/mol. The Balaban J connectivity index is 2.38. The van der Waals surface area contributed by atoms with Gasteiger partial charge < -0.3 is 5.32 Å². The lowest BCUT2D eigenvalue weighted by molar-refractivity contribution is 0.550. The fourth-order valence-corrected chi connectivity index (χ4v) is 4.53. The molecule has 0 bridgehead atoms. The van der Waals surface area contributed by atoms with E-state index in [9.17, 15) is 0 Å². The molecule has 0 aliphatic heterocycles. The Bertz CT molecular complexity index is 572. The van der Waals surface area contributed by atoms with Gasteiger partial charge in [0.15, 0.2) is 0 Å². The largest absolute Gasteiger partial charge is 0.312 e. The number of benzene rings is 1. The predicted octanol–water partition coefficient (Wildman–Crippen LogP) is 6.44. The summed E-state index contributed by atoms with van der Waals surface area (Å²) < 4.78 is 0. The van der Waals surface area contributed by atoms with Gasteiger partial charge in [-0.3, -0.25) is 0 Å². The smallest absolute Gasteiger partial charge is 0.0522 e. The second-order valence-corrected chi connectivity index (χ2v) is 6.94. The lowest BCUT2D eigenvalue weighted by Gasteiger charge is -2.12. The molecule has 0 aliphatic rings. The Labute approximate surface area is 138 Å². The quantitative estimate of drug-likeness (QED) is 0.656. The molecule has 1 nitrogen and oxygen atoms in total. The van der Waals surface area contributed by atoms with Gasteiger partial charge in [0.05, 0.1) is 10.0 Å². The summed E-state index contributed by atoms with van der Waals surface area (Å²) in [4.78, 5) is 2.37.